The third kappa shape index (κ3) is 4.00. The Balaban J connectivity index is 1.84. The van der Waals surface area contributed by atoms with E-state index < -0.39 is 0 Å². The molecular formula is C12H21N3OS. The lowest BCUT2D eigenvalue weighted by Crippen LogP contribution is -2.23. The Morgan fingerprint density at radius 3 is 3.12 bits per heavy atom. The zero-order valence-electron chi connectivity index (χ0n) is 10.6. The molecule has 0 aromatic carbocycles. The van der Waals surface area contributed by atoms with Crippen LogP contribution in [0.2, 0.25) is 0 Å². The Morgan fingerprint density at radius 2 is 2.41 bits per heavy atom. The Kier molecular flexibility index (Phi) is 4.86. The van der Waals surface area contributed by atoms with E-state index in [1.165, 1.54) is 25.0 Å². The van der Waals surface area contributed by atoms with E-state index in [1.54, 1.807) is 0 Å². The number of aromatic nitrogens is 2. The van der Waals surface area contributed by atoms with Gasteiger partial charge >= 0.3 is 0 Å². The van der Waals surface area contributed by atoms with Gasteiger partial charge in [0.05, 0.1) is 0 Å². The van der Waals surface area contributed by atoms with Crippen molar-refractivity contribution in [2.45, 2.75) is 50.3 Å². The third-order valence-corrected chi connectivity index (χ3v) is 4.57. The second kappa shape index (κ2) is 6.40. The number of likely N-dealkylation sites (N-methyl/N-ethyl adjacent to an activating group) is 1. The molecule has 1 aliphatic rings. The Morgan fingerprint density at radius 1 is 1.53 bits per heavy atom. The predicted octanol–water partition coefficient (Wildman–Crippen LogP) is 2.05. The number of nitrogens with zero attached hydrogens (tertiary/aromatic N) is 2. The molecule has 2 unspecified atom stereocenters. The second-order valence-electron chi connectivity index (χ2n) is 4.69. The number of nitrogens with one attached hydrogen (secondary N) is 1. The maximum absolute atomic E-state index is 5.27. The van der Waals surface area contributed by atoms with Crippen LogP contribution in [-0.4, -0.2) is 34.2 Å². The van der Waals surface area contributed by atoms with Crippen LogP contribution in [0.3, 0.4) is 0 Å². The first-order chi connectivity index (χ1) is 8.28. The maximum Gasteiger partial charge on any atom is 0.228 e. The second-order valence-corrected chi connectivity index (χ2v) is 6.10. The van der Waals surface area contributed by atoms with Gasteiger partial charge in [0.25, 0.3) is 0 Å². The van der Waals surface area contributed by atoms with Crippen LogP contribution in [0.5, 0.6) is 0 Å². The molecule has 1 aliphatic heterocycles. The highest BCUT2D eigenvalue weighted by Crippen LogP contribution is 2.27. The van der Waals surface area contributed by atoms with E-state index >= 15 is 0 Å². The van der Waals surface area contributed by atoms with Crippen LogP contribution in [-0.2, 0) is 12.8 Å². The van der Waals surface area contributed by atoms with E-state index in [9.17, 15) is 0 Å². The lowest BCUT2D eigenvalue weighted by Gasteiger charge is -2.19. The molecule has 4 nitrogen and oxygen atoms in total. The van der Waals surface area contributed by atoms with Crippen molar-refractivity contribution in [3.05, 3.63) is 11.7 Å². The first-order valence-electron chi connectivity index (χ1n) is 6.38. The Labute approximate surface area is 107 Å². The van der Waals surface area contributed by atoms with Crippen molar-refractivity contribution < 1.29 is 4.52 Å². The first kappa shape index (κ1) is 12.9. The summed E-state index contributed by atoms with van der Waals surface area (Å²) in [5.74, 6) is 2.91. The Bertz CT molecular complexity index is 336. The smallest absolute Gasteiger partial charge is 0.228 e. The standard InChI is InChI=1S/C12H21N3OS/c1-9(13-2)7-12-14-11(15-16-12)8-10-5-3-4-6-17-10/h9-10,13H,3-8H2,1-2H3. The molecule has 2 atom stereocenters. The van der Waals surface area contributed by atoms with E-state index in [0.717, 1.165) is 24.6 Å². The average Bonchev–Trinajstić information content (AvgIpc) is 2.77. The molecule has 5 heteroatoms. The van der Waals surface area contributed by atoms with Crippen LogP contribution < -0.4 is 5.32 Å². The molecule has 1 aromatic heterocycles. The van der Waals surface area contributed by atoms with Gasteiger partial charge in [-0.2, -0.15) is 16.7 Å². The lowest BCUT2D eigenvalue weighted by atomic mass is 10.1. The number of hydrogen-bond donors (Lipinski definition) is 1. The van der Waals surface area contributed by atoms with E-state index in [-0.39, 0.29) is 0 Å². The minimum absolute atomic E-state index is 0.382. The summed E-state index contributed by atoms with van der Waals surface area (Å²) >= 11 is 2.05. The molecule has 96 valence electrons. The molecule has 1 fully saturated rings. The molecule has 0 amide bonds. The average molecular weight is 255 g/mol. The van der Waals surface area contributed by atoms with Gasteiger partial charge < -0.3 is 9.84 Å². The zero-order chi connectivity index (χ0) is 12.1. The van der Waals surface area contributed by atoms with E-state index in [2.05, 4.69) is 34.1 Å². The van der Waals surface area contributed by atoms with Gasteiger partial charge in [-0.15, -0.1) is 0 Å². The normalized spacial score (nSPS) is 22.6. The van der Waals surface area contributed by atoms with Crippen LogP contribution in [0, 0.1) is 0 Å². The highest BCUT2D eigenvalue weighted by Gasteiger charge is 2.18. The molecular weight excluding hydrogens is 234 g/mol. The van der Waals surface area contributed by atoms with E-state index in [0.29, 0.717) is 11.3 Å². The van der Waals surface area contributed by atoms with Crippen molar-refractivity contribution in [2.24, 2.45) is 0 Å². The maximum atomic E-state index is 5.27. The van der Waals surface area contributed by atoms with Crippen LogP contribution >= 0.6 is 11.8 Å². The van der Waals surface area contributed by atoms with Gasteiger partial charge in [0.2, 0.25) is 5.89 Å². The molecule has 0 bridgehead atoms. The SMILES string of the molecule is CNC(C)Cc1nc(CC2CCCCS2)no1. The van der Waals surface area contributed by atoms with Gasteiger partial charge in [-0.05, 0) is 32.6 Å². The largest absolute Gasteiger partial charge is 0.339 e. The van der Waals surface area contributed by atoms with Gasteiger partial charge in [0, 0.05) is 24.1 Å². The molecule has 1 N–H and O–H groups in total. The van der Waals surface area contributed by atoms with Gasteiger partial charge in [0.15, 0.2) is 5.82 Å². The monoisotopic (exact) mass is 255 g/mol. The van der Waals surface area contributed by atoms with Gasteiger partial charge in [0.1, 0.15) is 0 Å². The summed E-state index contributed by atoms with van der Waals surface area (Å²) in [5, 5.41) is 7.93. The van der Waals surface area contributed by atoms with Crippen molar-refractivity contribution in [1.82, 2.24) is 15.5 Å². The number of rotatable bonds is 5. The summed E-state index contributed by atoms with van der Waals surface area (Å²) in [7, 11) is 1.95. The topological polar surface area (TPSA) is 51.0 Å². The van der Waals surface area contributed by atoms with Crippen molar-refractivity contribution in [1.29, 1.82) is 0 Å². The minimum Gasteiger partial charge on any atom is -0.339 e. The van der Waals surface area contributed by atoms with Crippen molar-refractivity contribution in [3.8, 4) is 0 Å². The van der Waals surface area contributed by atoms with Crippen molar-refractivity contribution in [2.75, 3.05) is 12.8 Å². The first-order valence-corrected chi connectivity index (χ1v) is 7.43. The molecule has 0 spiro atoms. The fourth-order valence-electron chi connectivity index (χ4n) is 1.99. The predicted molar refractivity (Wildman–Crippen MR) is 70.3 cm³/mol. The molecule has 1 saturated heterocycles. The molecule has 2 heterocycles. The summed E-state index contributed by atoms with van der Waals surface area (Å²) in [6.45, 7) is 2.11. The highest BCUT2D eigenvalue weighted by atomic mass is 32.2. The molecule has 0 saturated carbocycles. The van der Waals surface area contributed by atoms with Crippen LogP contribution in [0.1, 0.15) is 37.9 Å². The Hall–Kier alpha value is -0.550. The van der Waals surface area contributed by atoms with Crippen molar-refractivity contribution in [3.63, 3.8) is 0 Å². The number of hydrogen-bond acceptors (Lipinski definition) is 5. The minimum atomic E-state index is 0.382. The van der Waals surface area contributed by atoms with Gasteiger partial charge in [-0.1, -0.05) is 11.6 Å². The summed E-state index contributed by atoms with van der Waals surface area (Å²) in [6.07, 6.45) is 5.77. The van der Waals surface area contributed by atoms with Gasteiger partial charge in [-0.3, -0.25) is 0 Å². The quantitative estimate of drug-likeness (QED) is 0.872. The molecule has 0 aliphatic carbocycles. The van der Waals surface area contributed by atoms with E-state index in [1.807, 2.05) is 7.05 Å². The molecule has 17 heavy (non-hydrogen) atoms. The fourth-order valence-corrected chi connectivity index (χ4v) is 3.30. The van der Waals surface area contributed by atoms with Crippen LogP contribution in [0.15, 0.2) is 4.52 Å². The van der Waals surface area contributed by atoms with Crippen LogP contribution in [0.4, 0.5) is 0 Å². The third-order valence-electron chi connectivity index (χ3n) is 3.17. The summed E-state index contributed by atoms with van der Waals surface area (Å²) in [4.78, 5) is 4.46. The lowest BCUT2D eigenvalue weighted by molar-refractivity contribution is 0.360. The highest BCUT2D eigenvalue weighted by molar-refractivity contribution is 7.99. The van der Waals surface area contributed by atoms with Crippen molar-refractivity contribution >= 4 is 11.8 Å². The fraction of sp³-hybridized carbons (Fsp3) is 0.833. The molecule has 2 rings (SSSR count). The summed E-state index contributed by atoms with van der Waals surface area (Å²) in [5.41, 5.74) is 0. The zero-order valence-corrected chi connectivity index (χ0v) is 11.4. The summed E-state index contributed by atoms with van der Waals surface area (Å²) < 4.78 is 5.27. The molecule has 1 aromatic rings. The number of thioether (sulfide) groups is 1. The molecule has 0 radical (unpaired) electrons. The van der Waals surface area contributed by atoms with Gasteiger partial charge in [-0.25, -0.2) is 0 Å². The van der Waals surface area contributed by atoms with E-state index in [4.69, 9.17) is 4.52 Å². The van der Waals surface area contributed by atoms with Crippen LogP contribution in [0.25, 0.3) is 0 Å². The summed E-state index contributed by atoms with van der Waals surface area (Å²) in [6, 6.07) is 0.382.